The van der Waals surface area contributed by atoms with Crippen LogP contribution in [0.3, 0.4) is 0 Å². The molecule has 4 heteroatoms. The molecule has 1 aliphatic rings. The van der Waals surface area contributed by atoms with Gasteiger partial charge < -0.3 is 9.84 Å². The topological polar surface area (TPSA) is 53.2 Å². The summed E-state index contributed by atoms with van der Waals surface area (Å²) in [6, 6.07) is 6.36. The van der Waals surface area contributed by atoms with Crippen molar-refractivity contribution in [2.45, 2.75) is 19.4 Å². The summed E-state index contributed by atoms with van der Waals surface area (Å²) in [5.74, 6) is -0.406. The van der Waals surface area contributed by atoms with Crippen LogP contribution in [0, 0.1) is 29.5 Å². The van der Waals surface area contributed by atoms with Crippen molar-refractivity contribution in [3.8, 4) is 6.07 Å². The number of hydrogen-bond donors (Lipinski definition) is 1. The standard InChI is InChI=1S/C13H14FNO2/c1-9-2-3-10(14)6-11(9)12(16)13(7-15)4-5-17-8-13/h2-3,6,12,16H,4-5,8H2,1H3. The molecule has 2 atom stereocenters. The maximum atomic E-state index is 13.2. The third kappa shape index (κ3) is 2.04. The quantitative estimate of drug-likeness (QED) is 0.854. The molecule has 0 bridgehead atoms. The zero-order valence-electron chi connectivity index (χ0n) is 9.61. The lowest BCUT2D eigenvalue weighted by atomic mass is 9.78. The van der Waals surface area contributed by atoms with Crippen molar-refractivity contribution < 1.29 is 14.2 Å². The van der Waals surface area contributed by atoms with Crippen LogP contribution < -0.4 is 0 Å². The van der Waals surface area contributed by atoms with Gasteiger partial charge in [-0.05, 0) is 36.6 Å². The smallest absolute Gasteiger partial charge is 0.123 e. The molecule has 0 aliphatic carbocycles. The zero-order valence-corrected chi connectivity index (χ0v) is 9.61. The van der Waals surface area contributed by atoms with Gasteiger partial charge in [-0.15, -0.1) is 0 Å². The van der Waals surface area contributed by atoms with Crippen molar-refractivity contribution in [1.82, 2.24) is 0 Å². The predicted molar refractivity (Wildman–Crippen MR) is 59.6 cm³/mol. The summed E-state index contributed by atoms with van der Waals surface area (Å²) in [6.07, 6.45) is -0.536. The molecule has 17 heavy (non-hydrogen) atoms. The maximum Gasteiger partial charge on any atom is 0.123 e. The van der Waals surface area contributed by atoms with Gasteiger partial charge in [-0.2, -0.15) is 5.26 Å². The maximum absolute atomic E-state index is 13.2. The van der Waals surface area contributed by atoms with E-state index in [-0.39, 0.29) is 6.61 Å². The van der Waals surface area contributed by atoms with Gasteiger partial charge in [0.2, 0.25) is 0 Å². The van der Waals surface area contributed by atoms with Crippen LogP contribution in [0.1, 0.15) is 23.7 Å². The summed E-state index contributed by atoms with van der Waals surface area (Å²) in [4.78, 5) is 0. The van der Waals surface area contributed by atoms with Gasteiger partial charge in [-0.3, -0.25) is 0 Å². The molecule has 1 heterocycles. The third-order valence-corrected chi connectivity index (χ3v) is 3.33. The fraction of sp³-hybridized carbons (Fsp3) is 0.462. The highest BCUT2D eigenvalue weighted by Crippen LogP contribution is 2.41. The molecular weight excluding hydrogens is 221 g/mol. The molecule has 1 N–H and O–H groups in total. The van der Waals surface area contributed by atoms with Crippen molar-refractivity contribution in [2.24, 2.45) is 5.41 Å². The largest absolute Gasteiger partial charge is 0.387 e. The van der Waals surface area contributed by atoms with Gasteiger partial charge in [0.1, 0.15) is 17.3 Å². The first-order valence-electron chi connectivity index (χ1n) is 5.52. The number of aryl methyl sites for hydroxylation is 1. The van der Waals surface area contributed by atoms with Crippen LogP contribution in [0.25, 0.3) is 0 Å². The molecule has 0 amide bonds. The lowest BCUT2D eigenvalue weighted by molar-refractivity contribution is 0.0497. The van der Waals surface area contributed by atoms with E-state index in [1.54, 1.807) is 13.0 Å². The number of halogens is 1. The molecule has 2 unspecified atom stereocenters. The Morgan fingerprint density at radius 2 is 2.35 bits per heavy atom. The Hall–Kier alpha value is -1.44. The van der Waals surface area contributed by atoms with Gasteiger partial charge in [0.15, 0.2) is 0 Å². The Balaban J connectivity index is 2.39. The van der Waals surface area contributed by atoms with Crippen molar-refractivity contribution in [2.75, 3.05) is 13.2 Å². The average Bonchev–Trinajstić information content (AvgIpc) is 2.81. The van der Waals surface area contributed by atoms with Gasteiger partial charge in [-0.25, -0.2) is 4.39 Å². The number of ether oxygens (including phenoxy) is 1. The molecule has 3 nitrogen and oxygen atoms in total. The van der Waals surface area contributed by atoms with Crippen LogP contribution in [0.2, 0.25) is 0 Å². The molecule has 1 fully saturated rings. The number of aliphatic hydroxyl groups is 1. The minimum absolute atomic E-state index is 0.195. The van der Waals surface area contributed by atoms with Crippen LogP contribution >= 0.6 is 0 Å². The van der Waals surface area contributed by atoms with E-state index in [9.17, 15) is 14.8 Å². The second-order valence-corrected chi connectivity index (χ2v) is 4.47. The Kier molecular flexibility index (Phi) is 3.14. The van der Waals surface area contributed by atoms with E-state index >= 15 is 0 Å². The Morgan fingerprint density at radius 1 is 1.59 bits per heavy atom. The predicted octanol–water partition coefficient (Wildman–Crippen LogP) is 2.10. The van der Waals surface area contributed by atoms with E-state index in [2.05, 4.69) is 6.07 Å². The first kappa shape index (κ1) is 12.0. The SMILES string of the molecule is Cc1ccc(F)cc1C(O)C1(C#N)CCOC1. The Morgan fingerprint density at radius 3 is 2.94 bits per heavy atom. The summed E-state index contributed by atoms with van der Waals surface area (Å²) in [5.41, 5.74) is 0.302. The van der Waals surface area contributed by atoms with E-state index < -0.39 is 17.3 Å². The molecule has 1 aliphatic heterocycles. The number of rotatable bonds is 2. The normalized spacial score (nSPS) is 25.5. The van der Waals surface area contributed by atoms with E-state index in [0.29, 0.717) is 18.6 Å². The Labute approximate surface area is 99.4 Å². The van der Waals surface area contributed by atoms with Gasteiger partial charge >= 0.3 is 0 Å². The lowest BCUT2D eigenvalue weighted by Crippen LogP contribution is -2.28. The van der Waals surface area contributed by atoms with Crippen LogP contribution in [-0.4, -0.2) is 18.3 Å². The molecule has 2 rings (SSSR count). The monoisotopic (exact) mass is 235 g/mol. The lowest BCUT2D eigenvalue weighted by Gasteiger charge is -2.26. The van der Waals surface area contributed by atoms with Crippen LogP contribution in [0.4, 0.5) is 4.39 Å². The molecule has 0 saturated carbocycles. The minimum Gasteiger partial charge on any atom is -0.387 e. The highest BCUT2D eigenvalue weighted by molar-refractivity contribution is 5.32. The van der Waals surface area contributed by atoms with Gasteiger partial charge in [0.05, 0.1) is 12.7 Å². The second kappa shape index (κ2) is 4.44. The van der Waals surface area contributed by atoms with Crippen molar-refractivity contribution in [1.29, 1.82) is 5.26 Å². The number of benzene rings is 1. The van der Waals surface area contributed by atoms with Crippen LogP contribution in [-0.2, 0) is 4.74 Å². The van der Waals surface area contributed by atoms with Gasteiger partial charge in [-0.1, -0.05) is 6.07 Å². The highest BCUT2D eigenvalue weighted by Gasteiger charge is 2.43. The van der Waals surface area contributed by atoms with Crippen molar-refractivity contribution in [3.05, 3.63) is 35.1 Å². The summed E-state index contributed by atoms with van der Waals surface area (Å²) in [5, 5.41) is 19.5. The summed E-state index contributed by atoms with van der Waals surface area (Å²) in [6.45, 7) is 2.44. The fourth-order valence-electron chi connectivity index (χ4n) is 2.15. The molecule has 0 aromatic heterocycles. The number of nitriles is 1. The first-order chi connectivity index (χ1) is 8.09. The molecular formula is C13H14FNO2. The molecule has 90 valence electrons. The molecule has 0 radical (unpaired) electrons. The number of aliphatic hydroxyl groups excluding tert-OH is 1. The molecule has 0 spiro atoms. The van der Waals surface area contributed by atoms with E-state index in [4.69, 9.17) is 4.74 Å². The van der Waals surface area contributed by atoms with Gasteiger partial charge in [0, 0.05) is 6.61 Å². The van der Waals surface area contributed by atoms with E-state index in [1.165, 1.54) is 12.1 Å². The third-order valence-electron chi connectivity index (χ3n) is 3.33. The van der Waals surface area contributed by atoms with E-state index in [0.717, 1.165) is 5.56 Å². The number of hydrogen-bond acceptors (Lipinski definition) is 3. The first-order valence-corrected chi connectivity index (χ1v) is 5.52. The second-order valence-electron chi connectivity index (χ2n) is 4.47. The fourth-order valence-corrected chi connectivity index (χ4v) is 2.15. The number of nitrogens with zero attached hydrogens (tertiary/aromatic N) is 1. The minimum atomic E-state index is -1.01. The van der Waals surface area contributed by atoms with Crippen LogP contribution in [0.5, 0.6) is 0 Å². The van der Waals surface area contributed by atoms with Crippen molar-refractivity contribution in [3.63, 3.8) is 0 Å². The summed E-state index contributed by atoms with van der Waals surface area (Å²) < 4.78 is 18.4. The molecule has 1 saturated heterocycles. The summed E-state index contributed by atoms with van der Waals surface area (Å²) >= 11 is 0. The van der Waals surface area contributed by atoms with Crippen molar-refractivity contribution >= 4 is 0 Å². The Bertz CT molecular complexity index is 461. The highest BCUT2D eigenvalue weighted by atomic mass is 19.1. The zero-order chi connectivity index (χ0) is 12.5. The summed E-state index contributed by atoms with van der Waals surface area (Å²) in [7, 11) is 0. The average molecular weight is 235 g/mol. The molecule has 1 aromatic carbocycles. The van der Waals surface area contributed by atoms with E-state index in [1.807, 2.05) is 0 Å². The van der Waals surface area contributed by atoms with Crippen LogP contribution in [0.15, 0.2) is 18.2 Å². The molecule has 1 aromatic rings. The van der Waals surface area contributed by atoms with Gasteiger partial charge in [0.25, 0.3) is 0 Å².